The van der Waals surface area contributed by atoms with Crippen LogP contribution in [-0.2, 0) is 6.18 Å². The predicted octanol–water partition coefficient (Wildman–Crippen LogP) is 4.96. The maximum atomic E-state index is 13.1. The number of hydrazine groups is 1. The fraction of sp³-hybridized carbons (Fsp3) is 0.273. The van der Waals surface area contributed by atoms with Gasteiger partial charge < -0.3 is 4.74 Å². The fourth-order valence-electron chi connectivity index (χ4n) is 3.64. The molecular formula is C22H20ClF3N4O2. The number of hydrogen-bond acceptors (Lipinski definition) is 4. The molecule has 168 valence electrons. The molecule has 2 heterocycles. The number of hydrogen-bond donors (Lipinski definition) is 1. The Morgan fingerprint density at radius 1 is 1.09 bits per heavy atom. The molecule has 0 bridgehead atoms. The van der Waals surface area contributed by atoms with Crippen molar-refractivity contribution in [2.24, 2.45) is 0 Å². The van der Waals surface area contributed by atoms with Crippen LogP contribution in [-0.4, -0.2) is 40.9 Å². The van der Waals surface area contributed by atoms with Crippen molar-refractivity contribution in [1.29, 1.82) is 0 Å². The van der Waals surface area contributed by atoms with E-state index in [0.717, 1.165) is 38.1 Å². The summed E-state index contributed by atoms with van der Waals surface area (Å²) in [6.07, 6.45) is -2.52. The van der Waals surface area contributed by atoms with Crippen molar-refractivity contribution >= 4 is 17.5 Å². The van der Waals surface area contributed by atoms with Crippen LogP contribution >= 0.6 is 11.6 Å². The Balaban J connectivity index is 1.85. The highest BCUT2D eigenvalue weighted by Gasteiger charge is 2.32. The van der Waals surface area contributed by atoms with Crippen LogP contribution in [0, 0.1) is 0 Å². The highest BCUT2D eigenvalue weighted by molar-refractivity contribution is 6.32. The van der Waals surface area contributed by atoms with Gasteiger partial charge in [0.05, 0.1) is 23.4 Å². The van der Waals surface area contributed by atoms with Gasteiger partial charge in [0.1, 0.15) is 5.69 Å². The number of nitrogens with zero attached hydrogens (tertiary/aromatic N) is 3. The third-order valence-electron chi connectivity index (χ3n) is 5.19. The molecule has 0 unspecified atom stereocenters. The first-order valence-corrected chi connectivity index (χ1v) is 10.3. The highest BCUT2D eigenvalue weighted by Crippen LogP contribution is 2.38. The first-order chi connectivity index (χ1) is 15.3. The summed E-state index contributed by atoms with van der Waals surface area (Å²) >= 11 is 6.37. The standard InChI is InChI=1S/C22H20ClF3N4O2/c1-32-20-18(21(31)28-29-12-4-5-13-29)27-30(17-7-3-2-6-16(17)23)19(20)14-8-10-15(11-9-14)22(24,25)26/h2-3,6-11H,4-5,12-13H2,1H3,(H,28,31). The first kappa shape index (κ1) is 22.2. The Hall–Kier alpha value is -3.04. The number of carbonyl (C=O) groups is 1. The van der Waals surface area contributed by atoms with Gasteiger partial charge in [-0.25, -0.2) is 9.69 Å². The highest BCUT2D eigenvalue weighted by atomic mass is 35.5. The van der Waals surface area contributed by atoms with Crippen LogP contribution in [0.2, 0.25) is 5.02 Å². The molecule has 6 nitrogen and oxygen atoms in total. The second-order valence-electron chi connectivity index (χ2n) is 7.30. The molecule has 1 aliphatic rings. The Labute approximate surface area is 187 Å². The van der Waals surface area contributed by atoms with E-state index < -0.39 is 17.6 Å². The molecule has 1 aromatic heterocycles. The molecule has 3 aromatic rings. The fourth-order valence-corrected chi connectivity index (χ4v) is 3.86. The Morgan fingerprint density at radius 3 is 2.34 bits per heavy atom. The minimum absolute atomic E-state index is 0.00853. The summed E-state index contributed by atoms with van der Waals surface area (Å²) in [5.74, 6) is -0.330. The number of methoxy groups -OCH3 is 1. The number of amides is 1. The molecule has 0 atom stereocenters. The van der Waals surface area contributed by atoms with E-state index in [1.165, 1.54) is 23.9 Å². The van der Waals surface area contributed by atoms with Crippen LogP contribution in [0.25, 0.3) is 16.9 Å². The monoisotopic (exact) mass is 464 g/mol. The lowest BCUT2D eigenvalue weighted by Crippen LogP contribution is -2.40. The third-order valence-corrected chi connectivity index (χ3v) is 5.51. The summed E-state index contributed by atoms with van der Waals surface area (Å²) in [5.41, 5.74) is 3.21. The molecule has 0 radical (unpaired) electrons. The lowest BCUT2D eigenvalue weighted by atomic mass is 10.1. The van der Waals surface area contributed by atoms with E-state index in [-0.39, 0.29) is 11.4 Å². The average Bonchev–Trinajstić information content (AvgIpc) is 3.41. The molecule has 1 N–H and O–H groups in total. The Bertz CT molecular complexity index is 1120. The van der Waals surface area contributed by atoms with Gasteiger partial charge in [-0.05, 0) is 37.1 Å². The summed E-state index contributed by atoms with van der Waals surface area (Å²) in [6.45, 7) is 1.45. The number of para-hydroxylation sites is 1. The van der Waals surface area contributed by atoms with Gasteiger partial charge in [0.25, 0.3) is 5.91 Å². The number of benzene rings is 2. The van der Waals surface area contributed by atoms with Crippen LogP contribution in [0.4, 0.5) is 13.2 Å². The molecule has 1 amide bonds. The summed E-state index contributed by atoms with van der Waals surface area (Å²) in [4.78, 5) is 13.0. The SMILES string of the molecule is COc1c(C(=O)NN2CCCC2)nn(-c2ccccc2Cl)c1-c1ccc(C(F)(F)F)cc1. The largest absolute Gasteiger partial charge is 0.492 e. The van der Waals surface area contributed by atoms with E-state index >= 15 is 0 Å². The smallest absolute Gasteiger partial charge is 0.416 e. The van der Waals surface area contributed by atoms with Crippen LogP contribution in [0.15, 0.2) is 48.5 Å². The van der Waals surface area contributed by atoms with Crippen molar-refractivity contribution in [3.8, 4) is 22.7 Å². The zero-order chi connectivity index (χ0) is 22.9. The summed E-state index contributed by atoms with van der Waals surface area (Å²) in [7, 11) is 1.38. The quantitative estimate of drug-likeness (QED) is 0.579. The maximum absolute atomic E-state index is 13.1. The van der Waals surface area contributed by atoms with E-state index in [1.54, 1.807) is 29.3 Å². The minimum atomic E-state index is -4.47. The molecule has 0 saturated carbocycles. The minimum Gasteiger partial charge on any atom is -0.492 e. The van der Waals surface area contributed by atoms with Crippen molar-refractivity contribution in [2.75, 3.05) is 20.2 Å². The second-order valence-corrected chi connectivity index (χ2v) is 7.71. The molecule has 0 aliphatic carbocycles. The van der Waals surface area contributed by atoms with Gasteiger partial charge in [-0.1, -0.05) is 35.9 Å². The molecule has 10 heteroatoms. The zero-order valence-corrected chi connectivity index (χ0v) is 17.9. The molecule has 32 heavy (non-hydrogen) atoms. The molecule has 1 saturated heterocycles. The van der Waals surface area contributed by atoms with Crippen molar-refractivity contribution < 1.29 is 22.7 Å². The average molecular weight is 465 g/mol. The topological polar surface area (TPSA) is 59.4 Å². The van der Waals surface area contributed by atoms with Crippen LogP contribution in [0.5, 0.6) is 5.75 Å². The Kier molecular flexibility index (Phi) is 6.12. The first-order valence-electron chi connectivity index (χ1n) is 9.95. The van der Waals surface area contributed by atoms with Crippen LogP contribution in [0.1, 0.15) is 28.9 Å². The van der Waals surface area contributed by atoms with Crippen molar-refractivity contribution in [1.82, 2.24) is 20.2 Å². The predicted molar refractivity (Wildman–Crippen MR) is 114 cm³/mol. The zero-order valence-electron chi connectivity index (χ0n) is 17.1. The number of nitrogens with one attached hydrogen (secondary N) is 1. The molecule has 2 aromatic carbocycles. The van der Waals surface area contributed by atoms with E-state index in [0.29, 0.717) is 22.0 Å². The van der Waals surface area contributed by atoms with Gasteiger partial charge in [-0.15, -0.1) is 0 Å². The number of rotatable bonds is 5. The number of carbonyl (C=O) groups excluding carboxylic acids is 1. The van der Waals surface area contributed by atoms with Gasteiger partial charge in [0, 0.05) is 18.7 Å². The van der Waals surface area contributed by atoms with Crippen molar-refractivity contribution in [3.05, 3.63) is 64.8 Å². The number of ether oxygens (including phenoxy) is 1. The number of halogens is 4. The third kappa shape index (κ3) is 4.31. The summed E-state index contributed by atoms with van der Waals surface area (Å²) in [5, 5.41) is 6.61. The molecule has 1 fully saturated rings. The van der Waals surface area contributed by atoms with E-state index in [9.17, 15) is 18.0 Å². The van der Waals surface area contributed by atoms with Gasteiger partial charge in [0.2, 0.25) is 0 Å². The maximum Gasteiger partial charge on any atom is 0.416 e. The number of alkyl halides is 3. The van der Waals surface area contributed by atoms with E-state index in [4.69, 9.17) is 16.3 Å². The molecule has 4 rings (SSSR count). The van der Waals surface area contributed by atoms with Crippen molar-refractivity contribution in [2.45, 2.75) is 19.0 Å². The van der Waals surface area contributed by atoms with E-state index in [1.807, 2.05) is 0 Å². The van der Waals surface area contributed by atoms with Gasteiger partial charge in [-0.3, -0.25) is 10.2 Å². The lowest BCUT2D eigenvalue weighted by Gasteiger charge is -2.15. The van der Waals surface area contributed by atoms with Crippen molar-refractivity contribution in [3.63, 3.8) is 0 Å². The Morgan fingerprint density at radius 2 is 1.75 bits per heavy atom. The van der Waals surface area contributed by atoms with Gasteiger partial charge >= 0.3 is 6.18 Å². The van der Waals surface area contributed by atoms with Gasteiger partial charge in [-0.2, -0.15) is 18.3 Å². The molecule has 0 spiro atoms. The second kappa shape index (κ2) is 8.84. The van der Waals surface area contributed by atoms with Gasteiger partial charge in [0.15, 0.2) is 11.4 Å². The number of aromatic nitrogens is 2. The summed E-state index contributed by atoms with van der Waals surface area (Å²) < 4.78 is 46.1. The molecular weight excluding hydrogens is 445 g/mol. The summed E-state index contributed by atoms with van der Waals surface area (Å²) in [6, 6.07) is 11.4. The van der Waals surface area contributed by atoms with E-state index in [2.05, 4.69) is 10.5 Å². The van der Waals surface area contributed by atoms with Crippen LogP contribution in [0.3, 0.4) is 0 Å². The molecule has 1 aliphatic heterocycles. The normalized spacial score (nSPS) is 14.5. The van der Waals surface area contributed by atoms with Crippen LogP contribution < -0.4 is 10.2 Å². The lowest BCUT2D eigenvalue weighted by molar-refractivity contribution is -0.137.